The Morgan fingerprint density at radius 1 is 1.27 bits per heavy atom. The van der Waals surface area contributed by atoms with Gasteiger partial charge in [0.1, 0.15) is 12.1 Å². The van der Waals surface area contributed by atoms with Crippen molar-refractivity contribution >= 4 is 27.8 Å². The highest BCUT2D eigenvalue weighted by Crippen LogP contribution is 2.39. The van der Waals surface area contributed by atoms with Gasteiger partial charge in [-0.05, 0) is 65.6 Å². The number of fused-ring (bicyclic) bond motifs is 1. The third-order valence-corrected chi connectivity index (χ3v) is 6.87. The largest absolute Gasteiger partial charge is 0.459 e. The van der Waals surface area contributed by atoms with Crippen molar-refractivity contribution in [1.82, 2.24) is 20.2 Å². The predicted molar refractivity (Wildman–Crippen MR) is 118 cm³/mol. The number of aromatic nitrogens is 4. The first-order valence-corrected chi connectivity index (χ1v) is 11.4. The number of benzene rings is 1. The van der Waals surface area contributed by atoms with E-state index in [0.717, 1.165) is 28.6 Å². The average molecular weight is 474 g/mol. The molecule has 1 aromatic heterocycles. The van der Waals surface area contributed by atoms with Crippen molar-refractivity contribution in [1.29, 1.82) is 0 Å². The molecule has 2 aromatic rings. The molecule has 2 aliphatic rings. The van der Waals surface area contributed by atoms with E-state index in [1.54, 1.807) is 4.68 Å². The van der Waals surface area contributed by atoms with Gasteiger partial charge in [-0.25, -0.2) is 4.79 Å². The van der Waals surface area contributed by atoms with Crippen LogP contribution in [0.5, 0.6) is 0 Å². The van der Waals surface area contributed by atoms with Gasteiger partial charge >= 0.3 is 5.97 Å². The Balaban J connectivity index is 1.68. The number of allylic oxidation sites excluding steroid dienone is 1. The lowest BCUT2D eigenvalue weighted by molar-refractivity contribution is -0.151. The van der Waals surface area contributed by atoms with Crippen LogP contribution in [0, 0.1) is 17.8 Å². The van der Waals surface area contributed by atoms with E-state index in [4.69, 9.17) is 4.74 Å². The van der Waals surface area contributed by atoms with Crippen molar-refractivity contribution in [3.63, 3.8) is 0 Å². The highest BCUT2D eigenvalue weighted by molar-refractivity contribution is 9.10. The normalized spacial score (nSPS) is 26.3. The monoisotopic (exact) mass is 473 g/mol. The second-order valence-corrected chi connectivity index (χ2v) is 9.75. The van der Waals surface area contributed by atoms with E-state index in [1.807, 2.05) is 31.2 Å². The molecule has 0 unspecified atom stereocenters. The molecule has 0 bridgehead atoms. The molecule has 4 atom stereocenters. The molecule has 1 aromatic carbocycles. The van der Waals surface area contributed by atoms with Crippen LogP contribution in [0.15, 0.2) is 40.0 Å². The molecule has 1 aliphatic carbocycles. The van der Waals surface area contributed by atoms with Crippen molar-refractivity contribution in [3.8, 4) is 0 Å². The van der Waals surface area contributed by atoms with Crippen LogP contribution in [0.2, 0.25) is 0 Å². The van der Waals surface area contributed by atoms with Crippen molar-refractivity contribution in [2.24, 2.45) is 17.8 Å². The minimum Gasteiger partial charge on any atom is -0.459 e. The molecular formula is C22H28BrN5O2. The first-order chi connectivity index (χ1) is 14.3. The predicted octanol–water partition coefficient (Wildman–Crippen LogP) is 4.73. The first-order valence-electron chi connectivity index (χ1n) is 10.6. The van der Waals surface area contributed by atoms with Crippen molar-refractivity contribution in [2.45, 2.75) is 59.1 Å². The number of nitrogens with one attached hydrogen (secondary N) is 1. The maximum absolute atomic E-state index is 13.5. The average Bonchev–Trinajstić information content (AvgIpc) is 3.15. The van der Waals surface area contributed by atoms with E-state index >= 15 is 0 Å². The van der Waals surface area contributed by atoms with Gasteiger partial charge in [0.05, 0.1) is 5.57 Å². The number of tetrazole rings is 1. The van der Waals surface area contributed by atoms with Crippen molar-refractivity contribution in [3.05, 3.63) is 45.6 Å². The number of ether oxygens (including phenoxy) is 1. The van der Waals surface area contributed by atoms with Crippen LogP contribution in [-0.4, -0.2) is 32.3 Å². The summed E-state index contributed by atoms with van der Waals surface area (Å²) in [4.78, 5) is 13.5. The zero-order valence-corrected chi connectivity index (χ0v) is 19.4. The van der Waals surface area contributed by atoms with Crippen LogP contribution in [0.3, 0.4) is 0 Å². The summed E-state index contributed by atoms with van der Waals surface area (Å²) in [5, 5.41) is 15.2. The molecule has 160 valence electrons. The maximum Gasteiger partial charge on any atom is 0.338 e. The third-order valence-electron chi connectivity index (χ3n) is 6.34. The quantitative estimate of drug-likeness (QED) is 0.646. The molecule has 2 heterocycles. The molecule has 0 amide bonds. The van der Waals surface area contributed by atoms with Crippen LogP contribution < -0.4 is 5.32 Å². The highest BCUT2D eigenvalue weighted by Gasteiger charge is 2.39. The molecule has 1 fully saturated rings. The summed E-state index contributed by atoms with van der Waals surface area (Å²) < 4.78 is 8.80. The van der Waals surface area contributed by atoms with E-state index < -0.39 is 6.04 Å². The topological polar surface area (TPSA) is 81.9 Å². The lowest BCUT2D eigenvalue weighted by Gasteiger charge is -2.37. The molecule has 7 nitrogen and oxygen atoms in total. The fourth-order valence-electron chi connectivity index (χ4n) is 4.68. The van der Waals surface area contributed by atoms with Gasteiger partial charge in [-0.3, -0.25) is 0 Å². The molecule has 8 heteroatoms. The Hall–Kier alpha value is -2.22. The smallest absolute Gasteiger partial charge is 0.338 e. The summed E-state index contributed by atoms with van der Waals surface area (Å²) in [5.74, 6) is 1.65. The second-order valence-electron chi connectivity index (χ2n) is 8.83. The molecule has 0 saturated heterocycles. The SMILES string of the molecule is CC1=C(C(=O)O[C@@H]2C[C@H](C)CC[C@@H]2C(C)C)[C@@H](c2ccc(Br)cc2)n2nnnc2N1. The number of rotatable bonds is 4. The molecule has 0 spiro atoms. The summed E-state index contributed by atoms with van der Waals surface area (Å²) >= 11 is 3.48. The minimum absolute atomic E-state index is 0.0672. The van der Waals surface area contributed by atoms with Gasteiger partial charge in [0, 0.05) is 10.2 Å². The molecule has 1 saturated carbocycles. The molecular weight excluding hydrogens is 446 g/mol. The Labute approximate surface area is 185 Å². The second kappa shape index (κ2) is 8.49. The van der Waals surface area contributed by atoms with E-state index in [2.05, 4.69) is 57.5 Å². The summed E-state index contributed by atoms with van der Waals surface area (Å²) in [6.45, 7) is 8.55. The van der Waals surface area contributed by atoms with Crippen molar-refractivity contribution < 1.29 is 9.53 Å². The lowest BCUT2D eigenvalue weighted by Crippen LogP contribution is -2.38. The van der Waals surface area contributed by atoms with Gasteiger partial charge in [0.2, 0.25) is 5.95 Å². The van der Waals surface area contributed by atoms with E-state index in [-0.39, 0.29) is 12.1 Å². The van der Waals surface area contributed by atoms with Crippen LogP contribution in [-0.2, 0) is 9.53 Å². The zero-order chi connectivity index (χ0) is 21.4. The van der Waals surface area contributed by atoms with E-state index in [1.165, 1.54) is 6.42 Å². The fourth-order valence-corrected chi connectivity index (χ4v) is 4.95. The van der Waals surface area contributed by atoms with Crippen LogP contribution in [0.1, 0.15) is 58.6 Å². The van der Waals surface area contributed by atoms with Crippen LogP contribution in [0.25, 0.3) is 0 Å². The molecule has 4 rings (SSSR count). The van der Waals surface area contributed by atoms with Gasteiger partial charge in [0.15, 0.2) is 0 Å². The number of hydrogen-bond acceptors (Lipinski definition) is 6. The number of carbonyl (C=O) groups is 1. The zero-order valence-electron chi connectivity index (χ0n) is 17.8. The fraction of sp³-hybridized carbons (Fsp3) is 0.545. The number of anilines is 1. The maximum atomic E-state index is 13.5. The first kappa shape index (κ1) is 21.0. The van der Waals surface area contributed by atoms with Crippen LogP contribution in [0.4, 0.5) is 5.95 Å². The molecule has 30 heavy (non-hydrogen) atoms. The number of nitrogens with zero attached hydrogens (tertiary/aromatic N) is 4. The molecule has 0 radical (unpaired) electrons. The Kier molecular flexibility index (Phi) is 5.95. The lowest BCUT2D eigenvalue weighted by atomic mass is 9.75. The number of esters is 1. The van der Waals surface area contributed by atoms with Gasteiger partial charge in [-0.1, -0.05) is 60.4 Å². The van der Waals surface area contributed by atoms with Crippen LogP contribution >= 0.6 is 15.9 Å². The summed E-state index contributed by atoms with van der Waals surface area (Å²) in [7, 11) is 0. The minimum atomic E-state index is -0.435. The Morgan fingerprint density at radius 3 is 2.70 bits per heavy atom. The standard InChI is InChI=1S/C22H28BrN5O2/c1-12(2)17-10-5-13(3)11-18(17)30-21(29)19-14(4)24-22-25-26-27-28(22)20(19)15-6-8-16(23)9-7-15/h6-9,12-13,17-18,20H,5,10-11H2,1-4H3,(H,24,25,27)/t13-,17-,18-,20-/m1/s1. The number of halogens is 1. The summed E-state index contributed by atoms with van der Waals surface area (Å²) in [6.07, 6.45) is 3.13. The summed E-state index contributed by atoms with van der Waals surface area (Å²) in [6, 6.07) is 7.43. The van der Waals surface area contributed by atoms with Crippen molar-refractivity contribution in [2.75, 3.05) is 5.32 Å². The molecule has 1 N–H and O–H groups in total. The van der Waals surface area contributed by atoms with E-state index in [9.17, 15) is 4.79 Å². The van der Waals surface area contributed by atoms with E-state index in [0.29, 0.717) is 29.3 Å². The summed E-state index contributed by atoms with van der Waals surface area (Å²) in [5.41, 5.74) is 2.20. The van der Waals surface area contributed by atoms with Gasteiger partial charge in [-0.15, -0.1) is 0 Å². The molecule has 1 aliphatic heterocycles. The third kappa shape index (κ3) is 4.02. The van der Waals surface area contributed by atoms with Gasteiger partial charge in [-0.2, -0.15) is 4.68 Å². The van der Waals surface area contributed by atoms with Gasteiger partial charge < -0.3 is 10.1 Å². The Morgan fingerprint density at radius 2 is 2.00 bits per heavy atom. The number of hydrogen-bond donors (Lipinski definition) is 1. The van der Waals surface area contributed by atoms with Gasteiger partial charge in [0.25, 0.3) is 0 Å². The Bertz CT molecular complexity index is 953. The highest BCUT2D eigenvalue weighted by atomic mass is 79.9. The number of carbonyl (C=O) groups excluding carboxylic acids is 1.